The van der Waals surface area contributed by atoms with E-state index >= 15 is 0 Å². The van der Waals surface area contributed by atoms with Crippen molar-refractivity contribution in [2.45, 2.75) is 91.8 Å². The molecule has 0 aliphatic carbocycles. The zero-order valence-electron chi connectivity index (χ0n) is 25.6. The maximum absolute atomic E-state index is 9.83. The van der Waals surface area contributed by atoms with Crippen molar-refractivity contribution in [2.75, 3.05) is 25.6 Å². The first-order valence-corrected chi connectivity index (χ1v) is 18.5. The fourth-order valence-electron chi connectivity index (χ4n) is 5.13. The minimum atomic E-state index is -3.94. The van der Waals surface area contributed by atoms with Crippen LogP contribution < -0.4 is 14.2 Å². The number of hydrogen-bond acceptors (Lipinski definition) is 9. The number of benzene rings is 3. The first-order valence-electron chi connectivity index (χ1n) is 15.7. The zero-order chi connectivity index (χ0) is 31.5. The summed E-state index contributed by atoms with van der Waals surface area (Å²) in [4.78, 5) is 3.46. The van der Waals surface area contributed by atoms with Gasteiger partial charge >= 0.3 is 0 Å². The van der Waals surface area contributed by atoms with Crippen LogP contribution in [0.5, 0.6) is 17.2 Å². The van der Waals surface area contributed by atoms with Gasteiger partial charge in [0.1, 0.15) is 17.2 Å². The highest BCUT2D eigenvalue weighted by atomic mass is 32.2. The van der Waals surface area contributed by atoms with Crippen LogP contribution in [0.2, 0.25) is 0 Å². The predicted molar refractivity (Wildman–Crippen MR) is 170 cm³/mol. The molecule has 3 heterocycles. The largest absolute Gasteiger partial charge is 0.748 e. The summed E-state index contributed by atoms with van der Waals surface area (Å²) in [7, 11) is -4.35. The predicted octanol–water partition coefficient (Wildman–Crippen LogP) is 6.66. The molecule has 0 amide bonds. The van der Waals surface area contributed by atoms with Gasteiger partial charge in [-0.15, -0.1) is 0 Å². The fraction of sp³-hybridized carbons (Fsp3) is 0.471. The van der Waals surface area contributed by atoms with Gasteiger partial charge in [0.15, 0.2) is 33.6 Å². The molecule has 11 heteroatoms. The highest BCUT2D eigenvalue weighted by molar-refractivity contribution is 7.97. The van der Waals surface area contributed by atoms with E-state index in [1.54, 1.807) is 0 Å². The smallest absolute Gasteiger partial charge is 0.199 e. The minimum absolute atomic E-state index is 0.177. The van der Waals surface area contributed by atoms with E-state index in [-0.39, 0.29) is 24.6 Å². The first-order chi connectivity index (χ1) is 21.9. The average Bonchev–Trinajstić information content (AvgIpc) is 3.83. The van der Waals surface area contributed by atoms with Crippen LogP contribution in [-0.2, 0) is 35.2 Å². The van der Waals surface area contributed by atoms with Crippen molar-refractivity contribution in [3.63, 3.8) is 0 Å². The van der Waals surface area contributed by atoms with Gasteiger partial charge in [0.05, 0.1) is 40.8 Å². The van der Waals surface area contributed by atoms with Crippen LogP contribution in [0.4, 0.5) is 0 Å². The molecule has 3 saturated heterocycles. The fourth-order valence-corrected chi connectivity index (χ4v) is 7.94. The Labute approximate surface area is 269 Å². The Bertz CT molecular complexity index is 1300. The van der Waals surface area contributed by atoms with E-state index in [2.05, 4.69) is 54.6 Å². The van der Waals surface area contributed by atoms with Crippen LogP contribution in [0.15, 0.2) is 87.5 Å². The van der Waals surface area contributed by atoms with Crippen molar-refractivity contribution in [2.24, 2.45) is 0 Å². The summed E-state index contributed by atoms with van der Waals surface area (Å²) >= 11 is 0. The van der Waals surface area contributed by atoms with Crippen LogP contribution in [-0.4, -0.2) is 57.4 Å². The van der Waals surface area contributed by atoms with Gasteiger partial charge in [-0.25, -0.2) is 8.42 Å². The summed E-state index contributed by atoms with van der Waals surface area (Å²) in [6.45, 7) is 4.10. The lowest BCUT2D eigenvalue weighted by Gasteiger charge is -2.16. The van der Waals surface area contributed by atoms with Crippen molar-refractivity contribution >= 4 is 21.0 Å². The number of ether oxygens (including phenoxy) is 6. The number of unbranched alkanes of at least 4 members (excludes halogenated alkanes) is 1. The third kappa shape index (κ3) is 10.6. The number of rotatable bonds is 12. The van der Waals surface area contributed by atoms with Crippen molar-refractivity contribution < 1.29 is 41.4 Å². The molecule has 3 aliphatic rings. The molecule has 3 unspecified atom stereocenters. The second-order valence-corrected chi connectivity index (χ2v) is 14.6. The van der Waals surface area contributed by atoms with E-state index in [1.807, 2.05) is 25.1 Å². The summed E-state index contributed by atoms with van der Waals surface area (Å²) < 4.78 is 65.1. The van der Waals surface area contributed by atoms with Crippen LogP contribution in [0.25, 0.3) is 0 Å². The lowest BCUT2D eigenvalue weighted by Crippen LogP contribution is -2.15. The summed E-state index contributed by atoms with van der Waals surface area (Å²) in [5, 5.41) is 0. The molecule has 9 nitrogen and oxygen atoms in total. The lowest BCUT2D eigenvalue weighted by molar-refractivity contribution is -0.0394. The van der Waals surface area contributed by atoms with Crippen LogP contribution >= 0.6 is 0 Å². The van der Waals surface area contributed by atoms with E-state index in [1.165, 1.54) is 0 Å². The van der Waals surface area contributed by atoms with Gasteiger partial charge < -0.3 is 33.0 Å². The first kappa shape index (κ1) is 33.6. The van der Waals surface area contributed by atoms with Crippen molar-refractivity contribution in [1.29, 1.82) is 0 Å². The van der Waals surface area contributed by atoms with E-state index in [0.29, 0.717) is 6.42 Å². The molecule has 3 aliphatic heterocycles. The van der Waals surface area contributed by atoms with Gasteiger partial charge in [-0.3, -0.25) is 0 Å². The van der Waals surface area contributed by atoms with E-state index in [4.69, 9.17) is 28.4 Å². The van der Waals surface area contributed by atoms with Gasteiger partial charge in [0.2, 0.25) is 0 Å². The maximum Gasteiger partial charge on any atom is 0.199 e. The van der Waals surface area contributed by atoms with E-state index < -0.39 is 21.0 Å². The van der Waals surface area contributed by atoms with Crippen LogP contribution in [0.1, 0.15) is 58.3 Å². The molecule has 0 spiro atoms. The van der Waals surface area contributed by atoms with Crippen molar-refractivity contribution in [1.82, 2.24) is 0 Å². The molecule has 3 atom stereocenters. The summed E-state index contributed by atoms with van der Waals surface area (Å²) in [6.07, 6.45) is 6.54. The molecule has 0 N–H and O–H groups in total. The molecule has 0 radical (unpaired) electrons. The molecule has 6 rings (SSSR count). The third-order valence-corrected chi connectivity index (χ3v) is 10.3. The Morgan fingerprint density at radius 1 is 0.689 bits per heavy atom. The van der Waals surface area contributed by atoms with Crippen molar-refractivity contribution in [3.8, 4) is 17.2 Å². The standard InChI is InChI=1S/C30H33O6S.C4H10O3S/c1-7-22(34-28-13-4-16-31-28)19-25(10-1)37(26-11-2-8-23(20-26)35-29-14-5-17-32-29)27-12-3-9-24(21-27)36-30-15-6-18-33-30;1-2-3-4-8(5,6)7/h1-3,7-12,19-21,28-30H,4-6,13-18H2;2-4H2,1H3,(H,5,6,7)/q+1;/p-1. The maximum atomic E-state index is 9.83. The van der Waals surface area contributed by atoms with Crippen LogP contribution in [0.3, 0.4) is 0 Å². The molecule has 3 aromatic rings. The molecule has 0 bridgehead atoms. The Balaban J connectivity index is 0.000000444. The van der Waals surface area contributed by atoms with E-state index in [0.717, 1.165) is 96.7 Å². The summed E-state index contributed by atoms with van der Waals surface area (Å²) in [5.41, 5.74) is 0. The number of hydrogen-bond donors (Lipinski definition) is 0. The van der Waals surface area contributed by atoms with Crippen LogP contribution in [0, 0.1) is 0 Å². The summed E-state index contributed by atoms with van der Waals surface area (Å²) in [5.74, 6) is 2.24. The van der Waals surface area contributed by atoms with Gasteiger partial charge in [-0.2, -0.15) is 0 Å². The molecule has 45 heavy (non-hydrogen) atoms. The second-order valence-electron chi connectivity index (χ2n) is 11.0. The molecular formula is C34H42O9S2. The molecular weight excluding hydrogens is 616 g/mol. The third-order valence-electron chi connectivity index (χ3n) is 7.34. The van der Waals surface area contributed by atoms with Gasteiger partial charge in [0.25, 0.3) is 0 Å². The second kappa shape index (κ2) is 16.7. The lowest BCUT2D eigenvalue weighted by atomic mass is 10.3. The van der Waals surface area contributed by atoms with Gasteiger partial charge in [-0.1, -0.05) is 31.5 Å². The molecule has 3 aromatic carbocycles. The molecule has 3 fully saturated rings. The summed E-state index contributed by atoms with van der Waals surface area (Å²) in [6, 6.07) is 25.0. The molecule has 244 valence electrons. The monoisotopic (exact) mass is 658 g/mol. The average molecular weight is 659 g/mol. The SMILES string of the molecule is CCCCS(=O)(=O)[O-].c1cc(OC2CCCO2)cc([S+](c2cccc(OC3CCCO3)c2)c2cccc(OC3CCCO3)c2)c1. The quantitative estimate of drug-likeness (QED) is 0.156. The highest BCUT2D eigenvalue weighted by Gasteiger charge is 2.31. The Morgan fingerprint density at radius 2 is 1.07 bits per heavy atom. The Morgan fingerprint density at radius 3 is 1.33 bits per heavy atom. The highest BCUT2D eigenvalue weighted by Crippen LogP contribution is 2.37. The minimum Gasteiger partial charge on any atom is -0.748 e. The normalized spacial score (nSPS) is 22.0. The topological polar surface area (TPSA) is 113 Å². The van der Waals surface area contributed by atoms with E-state index in [9.17, 15) is 13.0 Å². The molecule has 0 saturated carbocycles. The molecule has 0 aromatic heterocycles. The van der Waals surface area contributed by atoms with Gasteiger partial charge in [-0.05, 0) is 62.1 Å². The zero-order valence-corrected chi connectivity index (χ0v) is 27.3. The van der Waals surface area contributed by atoms with Gasteiger partial charge in [0, 0.05) is 43.2 Å². The Kier molecular flexibility index (Phi) is 12.4. The van der Waals surface area contributed by atoms with Crippen molar-refractivity contribution in [3.05, 3.63) is 72.8 Å². The Hall–Kier alpha value is -2.80.